The van der Waals surface area contributed by atoms with Crippen molar-refractivity contribution in [1.29, 1.82) is 0 Å². The summed E-state index contributed by atoms with van der Waals surface area (Å²) in [4.78, 5) is 0. The molecule has 0 aliphatic heterocycles. The van der Waals surface area contributed by atoms with Crippen LogP contribution in [-0.2, 0) is 9.46 Å². The molecule has 0 aromatic heterocycles. The van der Waals surface area contributed by atoms with Crippen LogP contribution in [0.2, 0.25) is 5.79 Å². The van der Waals surface area contributed by atoms with E-state index in [0.29, 0.717) is 0 Å². The zero-order valence-electron chi connectivity index (χ0n) is 3.12. The summed E-state index contributed by atoms with van der Waals surface area (Å²) >= 11 is 0. The summed E-state index contributed by atoms with van der Waals surface area (Å²) in [5.41, 5.74) is 0. The van der Waals surface area contributed by atoms with Gasteiger partial charge in [-0.25, -0.2) is 0 Å². The summed E-state index contributed by atoms with van der Waals surface area (Å²) in [6, 6.07) is 0. The Bertz CT molecular complexity index is 44.0. The minimum absolute atomic E-state index is 1.45. The molecule has 0 aromatic carbocycles. The van der Waals surface area contributed by atoms with Crippen molar-refractivity contribution in [1.82, 2.24) is 0 Å². The number of nitrogens with two attached hydrogens (primary N) is 1. The van der Waals surface area contributed by atoms with E-state index in [0.717, 1.165) is 0 Å². The summed E-state index contributed by atoms with van der Waals surface area (Å²) in [5, 5.41) is 0. The second-order valence-electron chi connectivity index (χ2n) is 1.14. The molecule has 0 heterocycles. The molecule has 0 atom stereocenters. The van der Waals surface area contributed by atoms with E-state index in [1.54, 1.807) is 0 Å². The molecule has 0 bridgehead atoms. The van der Waals surface area contributed by atoms with Gasteiger partial charge in [-0.15, -0.1) is 0 Å². The Labute approximate surface area is 50.2 Å². The molecule has 0 aliphatic rings. The second-order valence-corrected chi connectivity index (χ2v) is 16.5. The third-order valence-electron chi connectivity index (χ3n) is 0. The second kappa shape index (κ2) is 1.42. The van der Waals surface area contributed by atoms with E-state index in [-0.39, 0.29) is 0 Å². The Kier molecular flexibility index (Phi) is 1.74. The van der Waals surface area contributed by atoms with Gasteiger partial charge in [0.05, 0.1) is 0 Å². The Morgan fingerprint density at radius 1 is 1.33 bits per heavy atom. The van der Waals surface area contributed by atoms with Crippen LogP contribution < -0.4 is 4.72 Å². The van der Waals surface area contributed by atoms with Gasteiger partial charge in [0.2, 0.25) is 0 Å². The monoisotopic (exact) mass is 188 g/mol. The fourth-order valence-electron chi connectivity index (χ4n) is 0. The molecule has 0 spiro atoms. The van der Waals surface area contributed by atoms with E-state index in [4.69, 9.17) is 34.9 Å². The van der Waals surface area contributed by atoms with Gasteiger partial charge < -0.3 is 0 Å². The quantitative estimate of drug-likeness (QED) is 0.620. The average Bonchev–Trinajstić information content (AvgIpc) is 0.650. The standard InChI is InChI=1S/CH3.3ClH.Cr.H2N/h1H3;3*1H;;1H2/q;;;;+4;-1/p-3. The third kappa shape index (κ3) is 55.0. The molecule has 1 nitrogen and oxygen atoms in total. The zero-order chi connectivity index (χ0) is 5.45. The molecule has 0 aromatic rings. The summed E-state index contributed by atoms with van der Waals surface area (Å²) in [7, 11) is 12.3. The predicted molar refractivity (Wildman–Crippen MR) is 27.6 cm³/mol. The number of hydrogen-bond acceptors (Lipinski definition) is 1. The molecular formula is CH5Cl3CrN. The van der Waals surface area contributed by atoms with Gasteiger partial charge >= 0.3 is 50.1 Å². The van der Waals surface area contributed by atoms with Gasteiger partial charge in [0.1, 0.15) is 0 Å². The third-order valence-corrected chi connectivity index (χ3v) is 0. The van der Waals surface area contributed by atoms with E-state index in [9.17, 15) is 0 Å². The van der Waals surface area contributed by atoms with Gasteiger partial charge in [-0.05, 0) is 0 Å². The summed E-state index contributed by atoms with van der Waals surface area (Å²) in [5.74, 6) is 1.45. The SMILES string of the molecule is [CH3][Cr]([NH2])([Cl])([Cl])[Cl]. The Morgan fingerprint density at radius 3 is 1.33 bits per heavy atom. The van der Waals surface area contributed by atoms with Crippen molar-refractivity contribution >= 4 is 30.1 Å². The summed E-state index contributed by atoms with van der Waals surface area (Å²) in [6.07, 6.45) is 0. The van der Waals surface area contributed by atoms with Crippen molar-refractivity contribution in [3.8, 4) is 0 Å². The summed E-state index contributed by atoms with van der Waals surface area (Å²) < 4.78 is 5.06. The first-order valence-corrected chi connectivity index (χ1v) is 8.38. The average molecular weight is 189 g/mol. The Morgan fingerprint density at radius 2 is 1.33 bits per heavy atom. The van der Waals surface area contributed by atoms with E-state index < -0.39 is 9.46 Å². The van der Waals surface area contributed by atoms with Crippen molar-refractivity contribution in [2.24, 2.45) is 4.72 Å². The topological polar surface area (TPSA) is 26.0 Å². The summed E-state index contributed by atoms with van der Waals surface area (Å²) in [6.45, 7) is 0. The minimum atomic E-state index is -3.46. The van der Waals surface area contributed by atoms with Gasteiger partial charge in [-0.3, -0.25) is 0 Å². The fourth-order valence-corrected chi connectivity index (χ4v) is 0. The molecule has 0 aliphatic carbocycles. The molecule has 0 radical (unpaired) electrons. The first-order chi connectivity index (χ1) is 2.24. The van der Waals surface area contributed by atoms with E-state index in [1.165, 1.54) is 5.79 Å². The number of hydrogen-bond donors (Lipinski definition) is 1. The molecular weight excluding hydrogens is 184 g/mol. The van der Waals surface area contributed by atoms with Crippen LogP contribution in [0.25, 0.3) is 0 Å². The van der Waals surface area contributed by atoms with Crippen molar-refractivity contribution < 1.29 is 9.46 Å². The first-order valence-electron chi connectivity index (χ1n) is 1.11. The predicted octanol–water partition coefficient (Wildman–Crippen LogP) is 2.06. The van der Waals surface area contributed by atoms with Gasteiger partial charge in [0.15, 0.2) is 0 Å². The molecule has 0 unspecified atom stereocenters. The molecule has 0 saturated carbocycles. The first kappa shape index (κ1) is 7.36. The van der Waals surface area contributed by atoms with Crippen molar-refractivity contribution in [2.75, 3.05) is 0 Å². The van der Waals surface area contributed by atoms with Crippen LogP contribution in [0.4, 0.5) is 0 Å². The van der Waals surface area contributed by atoms with Crippen LogP contribution in [0.15, 0.2) is 0 Å². The van der Waals surface area contributed by atoms with Crippen LogP contribution in [0.5, 0.6) is 0 Å². The zero-order valence-corrected chi connectivity index (χ0v) is 6.66. The molecule has 6 heavy (non-hydrogen) atoms. The van der Waals surface area contributed by atoms with E-state index in [1.807, 2.05) is 0 Å². The van der Waals surface area contributed by atoms with E-state index in [2.05, 4.69) is 0 Å². The molecule has 0 fully saturated rings. The molecule has 0 rings (SSSR count). The maximum absolute atomic E-state index is 5.26. The van der Waals surface area contributed by atoms with Crippen LogP contribution in [0.1, 0.15) is 0 Å². The normalized spacial score (nSPS) is 19.2. The fraction of sp³-hybridized carbons (Fsp3) is 1.00. The van der Waals surface area contributed by atoms with Crippen molar-refractivity contribution in [2.45, 2.75) is 5.79 Å². The van der Waals surface area contributed by atoms with Crippen molar-refractivity contribution in [3.05, 3.63) is 0 Å². The van der Waals surface area contributed by atoms with Gasteiger partial charge in [0, 0.05) is 0 Å². The van der Waals surface area contributed by atoms with Gasteiger partial charge in [-0.2, -0.15) is 0 Å². The number of rotatable bonds is 0. The van der Waals surface area contributed by atoms with Crippen molar-refractivity contribution in [3.63, 3.8) is 0 Å². The maximum atomic E-state index is 5.26. The number of halogens is 3. The Balaban J connectivity index is 3.73. The molecule has 2 N–H and O–H groups in total. The molecule has 41 valence electrons. The van der Waals surface area contributed by atoms with Crippen LogP contribution in [0.3, 0.4) is 0 Å². The molecule has 5 heteroatoms. The Hall–Kier alpha value is 1.36. The van der Waals surface area contributed by atoms with Gasteiger partial charge in [-0.1, -0.05) is 0 Å². The molecule has 0 amide bonds. The molecule has 0 saturated heterocycles. The van der Waals surface area contributed by atoms with Crippen LogP contribution >= 0.6 is 30.1 Å². The van der Waals surface area contributed by atoms with Crippen LogP contribution in [-0.4, -0.2) is 0 Å². The van der Waals surface area contributed by atoms with E-state index >= 15 is 0 Å². The van der Waals surface area contributed by atoms with Crippen LogP contribution in [0, 0.1) is 0 Å². The van der Waals surface area contributed by atoms with Gasteiger partial charge in [0.25, 0.3) is 0 Å².